The summed E-state index contributed by atoms with van der Waals surface area (Å²) in [6, 6.07) is 0.662. The second kappa shape index (κ2) is 8.01. The minimum atomic E-state index is -0.324. The Bertz CT molecular complexity index is 601. The zero-order valence-corrected chi connectivity index (χ0v) is 16.2. The summed E-state index contributed by atoms with van der Waals surface area (Å²) >= 11 is 0. The van der Waals surface area contributed by atoms with Crippen molar-refractivity contribution < 1.29 is 4.79 Å². The van der Waals surface area contributed by atoms with Gasteiger partial charge in [0.15, 0.2) is 0 Å². The highest BCUT2D eigenvalue weighted by Gasteiger charge is 2.61. The van der Waals surface area contributed by atoms with Crippen LogP contribution in [0.1, 0.15) is 51.9 Å². The third-order valence-corrected chi connectivity index (χ3v) is 6.38. The fraction of sp³-hybridized carbons (Fsp3) is 0.750. The van der Waals surface area contributed by atoms with E-state index in [1.807, 2.05) is 11.1 Å². The predicted octanol–water partition coefficient (Wildman–Crippen LogP) is 2.11. The summed E-state index contributed by atoms with van der Waals surface area (Å²) in [6.45, 7) is 8.11. The Morgan fingerprint density at radius 2 is 1.92 bits per heavy atom. The smallest absolute Gasteiger partial charge is 0.239 e. The Labute approximate surface area is 157 Å². The first kappa shape index (κ1) is 19.2. The summed E-state index contributed by atoms with van der Waals surface area (Å²) in [4.78, 5) is 24.3. The third-order valence-electron chi connectivity index (χ3n) is 6.38. The fourth-order valence-electron chi connectivity index (χ4n) is 4.69. The van der Waals surface area contributed by atoms with Gasteiger partial charge in [0.2, 0.25) is 5.91 Å². The van der Waals surface area contributed by atoms with Crippen LogP contribution >= 0.6 is 0 Å². The summed E-state index contributed by atoms with van der Waals surface area (Å²) in [6.07, 6.45) is 9.49. The first-order valence-corrected chi connectivity index (χ1v) is 10.0. The Morgan fingerprint density at radius 1 is 1.23 bits per heavy atom. The van der Waals surface area contributed by atoms with Gasteiger partial charge in [-0.05, 0) is 71.3 Å². The summed E-state index contributed by atoms with van der Waals surface area (Å²) in [5, 5.41) is 3.37. The first-order chi connectivity index (χ1) is 12.7. The number of rotatable bonds is 4. The highest BCUT2D eigenvalue weighted by molar-refractivity contribution is 6.03. The van der Waals surface area contributed by atoms with Gasteiger partial charge in [-0.15, -0.1) is 0 Å². The van der Waals surface area contributed by atoms with Crippen LogP contribution in [-0.4, -0.2) is 56.0 Å². The molecule has 3 fully saturated rings. The van der Waals surface area contributed by atoms with Gasteiger partial charge >= 0.3 is 0 Å². The number of amides is 1. The molecule has 6 nitrogen and oxygen atoms in total. The lowest BCUT2D eigenvalue weighted by atomic mass is 9.98. The highest BCUT2D eigenvalue weighted by Crippen LogP contribution is 2.59. The number of piperidine rings is 1. The van der Waals surface area contributed by atoms with E-state index < -0.39 is 0 Å². The molecule has 1 spiro atoms. The zero-order valence-electron chi connectivity index (χ0n) is 16.2. The van der Waals surface area contributed by atoms with Crippen LogP contribution in [0.3, 0.4) is 0 Å². The molecule has 6 heteroatoms. The van der Waals surface area contributed by atoms with E-state index in [-0.39, 0.29) is 11.3 Å². The van der Waals surface area contributed by atoms with E-state index in [4.69, 9.17) is 4.99 Å². The van der Waals surface area contributed by atoms with Crippen molar-refractivity contribution in [3.05, 3.63) is 11.4 Å². The quantitative estimate of drug-likeness (QED) is 0.754. The molecule has 2 unspecified atom stereocenters. The molecule has 0 bridgehead atoms. The van der Waals surface area contributed by atoms with Gasteiger partial charge in [0.1, 0.15) is 5.82 Å². The van der Waals surface area contributed by atoms with Crippen LogP contribution in [0.2, 0.25) is 0 Å². The topological polar surface area (TPSA) is 83.1 Å². The van der Waals surface area contributed by atoms with Gasteiger partial charge < -0.3 is 11.1 Å². The van der Waals surface area contributed by atoms with E-state index in [9.17, 15) is 4.79 Å². The van der Waals surface area contributed by atoms with Crippen molar-refractivity contribution >= 4 is 18.8 Å². The van der Waals surface area contributed by atoms with Crippen LogP contribution in [0.15, 0.2) is 21.4 Å². The largest absolute Gasteiger partial charge is 0.333 e. The van der Waals surface area contributed by atoms with Crippen LogP contribution in [0.5, 0.6) is 0 Å². The molecule has 0 aromatic rings. The van der Waals surface area contributed by atoms with Crippen LogP contribution in [0.4, 0.5) is 0 Å². The van der Waals surface area contributed by atoms with Gasteiger partial charge in [0, 0.05) is 17.8 Å². The number of nitrogens with zero attached hydrogens (tertiary/aromatic N) is 3. The maximum absolute atomic E-state index is 13.2. The Kier molecular flexibility index (Phi) is 5.92. The van der Waals surface area contributed by atoms with Crippen LogP contribution in [-0.2, 0) is 4.79 Å². The van der Waals surface area contributed by atoms with Gasteiger partial charge in [-0.25, -0.2) is 4.99 Å². The van der Waals surface area contributed by atoms with Crippen LogP contribution < -0.4 is 11.1 Å². The van der Waals surface area contributed by atoms with E-state index in [0.29, 0.717) is 18.0 Å². The van der Waals surface area contributed by atoms with Gasteiger partial charge in [-0.1, -0.05) is 13.3 Å². The second-order valence-corrected chi connectivity index (χ2v) is 7.89. The van der Waals surface area contributed by atoms with E-state index in [0.717, 1.165) is 56.6 Å². The summed E-state index contributed by atoms with van der Waals surface area (Å²) in [5.74, 6) is 1.60. The molecule has 4 aliphatic rings. The molecular formula is C20H33N5O. The molecule has 1 saturated heterocycles. The lowest BCUT2D eigenvalue weighted by Crippen LogP contribution is -2.39. The number of hydrogen-bond acceptors (Lipinski definition) is 5. The average molecular weight is 360 g/mol. The molecule has 4 rings (SSSR count). The van der Waals surface area contributed by atoms with E-state index in [1.165, 1.54) is 19.9 Å². The molecule has 3 N–H and O–H groups in total. The molecule has 0 aromatic carbocycles. The summed E-state index contributed by atoms with van der Waals surface area (Å²) < 4.78 is 0. The summed E-state index contributed by atoms with van der Waals surface area (Å²) in [7, 11) is 1.50. The van der Waals surface area contributed by atoms with Crippen molar-refractivity contribution in [2.75, 3.05) is 20.1 Å². The molecule has 0 aromatic heterocycles. The minimum Gasteiger partial charge on any atom is -0.333 e. The number of aliphatic imine (C=N–C) groups is 2. The predicted molar refractivity (Wildman–Crippen MR) is 106 cm³/mol. The normalized spacial score (nSPS) is 30.9. The molecule has 1 amide bonds. The Hall–Kier alpha value is -1.53. The lowest BCUT2D eigenvalue weighted by Gasteiger charge is -2.29. The summed E-state index contributed by atoms with van der Waals surface area (Å²) in [5.41, 5.74) is 5.22. The van der Waals surface area contributed by atoms with E-state index in [2.05, 4.69) is 29.7 Å². The Morgan fingerprint density at radius 3 is 2.46 bits per heavy atom. The molecule has 2 saturated carbocycles. The van der Waals surface area contributed by atoms with Gasteiger partial charge in [-0.2, -0.15) is 0 Å². The second-order valence-electron chi connectivity index (χ2n) is 7.89. The highest BCUT2D eigenvalue weighted by atomic mass is 16.2. The molecule has 144 valence electrons. The van der Waals surface area contributed by atoms with Crippen molar-refractivity contribution in [2.24, 2.45) is 27.1 Å². The molecule has 2 aliphatic heterocycles. The molecular weight excluding hydrogens is 326 g/mol. The number of nitrogens with one attached hydrogen (secondary N) is 1. The zero-order chi connectivity index (χ0) is 18.7. The molecule has 2 atom stereocenters. The van der Waals surface area contributed by atoms with Gasteiger partial charge in [0.25, 0.3) is 0 Å². The average Bonchev–Trinajstić information content (AvgIpc) is 3.33. The maximum Gasteiger partial charge on any atom is 0.239 e. The molecule has 2 aliphatic carbocycles. The van der Waals surface area contributed by atoms with Crippen LogP contribution in [0, 0.1) is 11.3 Å². The number of carbonyl (C=O) groups excluding carboxylic acids is 1. The maximum atomic E-state index is 13.2. The SMILES string of the molecule is C=NC1=C(C=NC2CCNCC2)C2(CC2)C(=O)N1C1CCCC1C.CN. The molecule has 2 heterocycles. The third kappa shape index (κ3) is 3.25. The Balaban J connectivity index is 0.000000948. The van der Waals surface area contributed by atoms with E-state index >= 15 is 0 Å². The first-order valence-electron chi connectivity index (χ1n) is 10.0. The van der Waals surface area contributed by atoms with Crippen molar-refractivity contribution in [1.29, 1.82) is 0 Å². The minimum absolute atomic E-state index is 0.260. The molecule has 26 heavy (non-hydrogen) atoms. The van der Waals surface area contributed by atoms with Crippen molar-refractivity contribution in [2.45, 2.75) is 64.0 Å². The van der Waals surface area contributed by atoms with Crippen LogP contribution in [0.25, 0.3) is 0 Å². The van der Waals surface area contributed by atoms with Crippen molar-refractivity contribution in [3.63, 3.8) is 0 Å². The molecule has 0 radical (unpaired) electrons. The standard InChI is InChI=1S/C19H28N4O.CH5N/c1-13-4-3-5-16(13)23-17(20-2)15(19(8-9-19)18(23)24)12-22-14-6-10-21-11-7-14;1-2/h12-14,16,21H,2-11H2,1H3;2H2,1H3. The number of carbonyl (C=O) groups is 1. The van der Waals surface area contributed by atoms with Gasteiger partial charge in [0.05, 0.1) is 11.5 Å². The lowest BCUT2D eigenvalue weighted by molar-refractivity contribution is -0.134. The fourth-order valence-corrected chi connectivity index (χ4v) is 4.69. The van der Waals surface area contributed by atoms with Crippen molar-refractivity contribution in [3.8, 4) is 0 Å². The van der Waals surface area contributed by atoms with Crippen molar-refractivity contribution in [1.82, 2.24) is 10.2 Å². The number of hydrogen-bond donors (Lipinski definition) is 2. The van der Waals surface area contributed by atoms with Gasteiger partial charge in [-0.3, -0.25) is 14.7 Å². The van der Waals surface area contributed by atoms with E-state index in [1.54, 1.807) is 0 Å². The number of nitrogens with two attached hydrogens (primary N) is 1. The monoisotopic (exact) mass is 359 g/mol.